The summed E-state index contributed by atoms with van der Waals surface area (Å²) in [6.07, 6.45) is 0. The predicted octanol–water partition coefficient (Wildman–Crippen LogP) is -1.33. The molecule has 0 rings (SSSR count). The number of methoxy groups -OCH3 is 1. The molecule has 82 valence electrons. The predicted molar refractivity (Wildman–Crippen MR) is 55.1 cm³/mol. The highest BCUT2D eigenvalue weighted by Gasteiger charge is 1.98. The second-order valence-corrected chi connectivity index (χ2v) is 2.57. The maximum absolute atomic E-state index is 11.1. The quantitative estimate of drug-likeness (QED) is 0.283. The van der Waals surface area contributed by atoms with E-state index in [1.165, 1.54) is 0 Å². The van der Waals surface area contributed by atoms with E-state index in [1.807, 2.05) is 6.92 Å². The first-order valence-corrected chi connectivity index (χ1v) is 4.50. The van der Waals surface area contributed by atoms with Crippen molar-refractivity contribution in [2.45, 2.75) is 6.92 Å². The molecule has 0 aromatic carbocycles. The lowest BCUT2D eigenvalue weighted by Crippen LogP contribution is -2.34. The van der Waals surface area contributed by atoms with Gasteiger partial charge in [-0.05, 0) is 6.92 Å². The van der Waals surface area contributed by atoms with Gasteiger partial charge < -0.3 is 21.1 Å². The van der Waals surface area contributed by atoms with Crippen LogP contribution in [-0.2, 0) is 9.53 Å². The molecule has 1 amide bonds. The Bertz CT molecular complexity index is 194. The molecule has 0 radical (unpaired) electrons. The van der Waals surface area contributed by atoms with Gasteiger partial charge in [-0.15, -0.1) is 0 Å². The van der Waals surface area contributed by atoms with Crippen LogP contribution in [0.25, 0.3) is 0 Å². The fourth-order valence-electron chi connectivity index (χ4n) is 0.742. The zero-order valence-electron chi connectivity index (χ0n) is 8.67. The number of carbonyl (C=O) groups is 1. The molecule has 0 saturated carbocycles. The molecular formula is C8H18N4O2. The molecule has 0 bridgehead atoms. The van der Waals surface area contributed by atoms with Gasteiger partial charge in [0.15, 0.2) is 5.96 Å². The molecule has 0 spiro atoms. The number of hydrogen-bond acceptors (Lipinski definition) is 3. The van der Waals surface area contributed by atoms with Crippen LogP contribution in [0.4, 0.5) is 0 Å². The second-order valence-electron chi connectivity index (χ2n) is 2.57. The van der Waals surface area contributed by atoms with E-state index >= 15 is 0 Å². The van der Waals surface area contributed by atoms with E-state index < -0.39 is 0 Å². The number of nitrogens with zero attached hydrogens (tertiary/aromatic N) is 1. The standard InChI is InChI=1S/C8H18N4O2/c1-3-10-8(9)12-6-7(13)11-4-5-14-2/h3-6H2,1-2H3,(H,11,13)(H3,9,10,12). The van der Waals surface area contributed by atoms with E-state index in [4.69, 9.17) is 10.5 Å². The van der Waals surface area contributed by atoms with Crippen LogP contribution in [0.1, 0.15) is 6.92 Å². The Hall–Kier alpha value is -1.30. The van der Waals surface area contributed by atoms with Crippen LogP contribution in [0.5, 0.6) is 0 Å². The van der Waals surface area contributed by atoms with Crippen LogP contribution in [0, 0.1) is 0 Å². The summed E-state index contributed by atoms with van der Waals surface area (Å²) in [7, 11) is 1.58. The maximum atomic E-state index is 11.1. The van der Waals surface area contributed by atoms with Crippen LogP contribution >= 0.6 is 0 Å². The van der Waals surface area contributed by atoms with Crippen molar-refractivity contribution in [3.8, 4) is 0 Å². The summed E-state index contributed by atoms with van der Waals surface area (Å²) in [5.41, 5.74) is 5.42. The minimum absolute atomic E-state index is 0.0442. The zero-order valence-corrected chi connectivity index (χ0v) is 8.67. The Labute approximate surface area is 83.9 Å². The molecule has 0 fully saturated rings. The Morgan fingerprint density at radius 1 is 1.50 bits per heavy atom. The highest BCUT2D eigenvalue weighted by Crippen LogP contribution is 1.72. The number of nitrogens with two attached hydrogens (primary N) is 1. The number of guanidine groups is 1. The van der Waals surface area contributed by atoms with Gasteiger partial charge in [0.05, 0.1) is 6.61 Å². The van der Waals surface area contributed by atoms with Crippen molar-refractivity contribution in [1.29, 1.82) is 0 Å². The Balaban J connectivity index is 3.56. The normalized spacial score (nSPS) is 11.1. The zero-order chi connectivity index (χ0) is 10.8. The topological polar surface area (TPSA) is 88.7 Å². The number of hydrogen-bond donors (Lipinski definition) is 3. The van der Waals surface area contributed by atoms with Crippen molar-refractivity contribution >= 4 is 11.9 Å². The number of ether oxygens (including phenoxy) is 1. The van der Waals surface area contributed by atoms with Gasteiger partial charge in [-0.2, -0.15) is 0 Å². The number of amides is 1. The molecule has 0 aromatic rings. The number of rotatable bonds is 6. The molecule has 6 heteroatoms. The fraction of sp³-hybridized carbons (Fsp3) is 0.750. The van der Waals surface area contributed by atoms with Gasteiger partial charge in [-0.25, -0.2) is 4.99 Å². The van der Waals surface area contributed by atoms with Crippen molar-refractivity contribution in [2.75, 3.05) is 33.4 Å². The second kappa shape index (κ2) is 8.31. The van der Waals surface area contributed by atoms with Gasteiger partial charge in [-0.1, -0.05) is 0 Å². The highest BCUT2D eigenvalue weighted by molar-refractivity contribution is 5.83. The molecule has 0 aliphatic rings. The number of carbonyl (C=O) groups excluding carboxylic acids is 1. The largest absolute Gasteiger partial charge is 0.383 e. The van der Waals surface area contributed by atoms with Crippen molar-refractivity contribution in [1.82, 2.24) is 10.6 Å². The fourth-order valence-corrected chi connectivity index (χ4v) is 0.742. The summed E-state index contributed by atoms with van der Waals surface area (Å²) < 4.78 is 4.77. The Morgan fingerprint density at radius 2 is 2.21 bits per heavy atom. The van der Waals surface area contributed by atoms with Gasteiger partial charge in [0.2, 0.25) is 5.91 Å². The molecule has 6 nitrogen and oxygen atoms in total. The van der Waals surface area contributed by atoms with E-state index in [0.29, 0.717) is 19.7 Å². The summed E-state index contributed by atoms with van der Waals surface area (Å²) in [6, 6.07) is 0. The number of aliphatic imine (C=N–C) groups is 1. The smallest absolute Gasteiger partial charge is 0.241 e. The van der Waals surface area contributed by atoms with Crippen LogP contribution in [0.3, 0.4) is 0 Å². The van der Waals surface area contributed by atoms with Gasteiger partial charge >= 0.3 is 0 Å². The molecule has 0 aliphatic carbocycles. The minimum atomic E-state index is -0.164. The SMILES string of the molecule is CCNC(N)=NCC(=O)NCCOC. The molecule has 14 heavy (non-hydrogen) atoms. The molecule has 0 saturated heterocycles. The maximum Gasteiger partial charge on any atom is 0.241 e. The van der Waals surface area contributed by atoms with Crippen LogP contribution in [0.2, 0.25) is 0 Å². The summed E-state index contributed by atoms with van der Waals surface area (Å²) in [5.74, 6) is 0.122. The van der Waals surface area contributed by atoms with Gasteiger partial charge in [-0.3, -0.25) is 4.79 Å². The first kappa shape index (κ1) is 12.7. The van der Waals surface area contributed by atoms with Crippen molar-refractivity contribution < 1.29 is 9.53 Å². The number of nitrogens with one attached hydrogen (secondary N) is 2. The third-order valence-corrected chi connectivity index (χ3v) is 1.38. The van der Waals surface area contributed by atoms with E-state index in [2.05, 4.69) is 15.6 Å². The Kier molecular flexibility index (Phi) is 7.53. The monoisotopic (exact) mass is 202 g/mol. The molecule has 0 heterocycles. The summed E-state index contributed by atoms with van der Waals surface area (Å²) >= 11 is 0. The summed E-state index contributed by atoms with van der Waals surface area (Å²) in [4.78, 5) is 14.9. The van der Waals surface area contributed by atoms with Crippen LogP contribution < -0.4 is 16.4 Å². The van der Waals surface area contributed by atoms with E-state index in [9.17, 15) is 4.79 Å². The van der Waals surface area contributed by atoms with Crippen LogP contribution in [0.15, 0.2) is 4.99 Å². The summed E-state index contributed by atoms with van der Waals surface area (Å²) in [6.45, 7) is 3.63. The van der Waals surface area contributed by atoms with Crippen molar-refractivity contribution in [3.05, 3.63) is 0 Å². The first-order valence-electron chi connectivity index (χ1n) is 4.50. The Morgan fingerprint density at radius 3 is 2.79 bits per heavy atom. The van der Waals surface area contributed by atoms with E-state index in [-0.39, 0.29) is 18.4 Å². The lowest BCUT2D eigenvalue weighted by atomic mass is 10.5. The third kappa shape index (κ3) is 7.35. The average molecular weight is 202 g/mol. The van der Waals surface area contributed by atoms with Gasteiger partial charge in [0.1, 0.15) is 6.54 Å². The van der Waals surface area contributed by atoms with Gasteiger partial charge in [0.25, 0.3) is 0 Å². The van der Waals surface area contributed by atoms with Crippen molar-refractivity contribution in [2.24, 2.45) is 10.7 Å². The molecular weight excluding hydrogens is 184 g/mol. The van der Waals surface area contributed by atoms with E-state index in [0.717, 1.165) is 0 Å². The summed E-state index contributed by atoms with van der Waals surface area (Å²) in [5, 5.41) is 5.42. The highest BCUT2D eigenvalue weighted by atomic mass is 16.5. The average Bonchev–Trinajstić information content (AvgIpc) is 2.16. The van der Waals surface area contributed by atoms with Crippen LogP contribution in [-0.4, -0.2) is 45.2 Å². The molecule has 0 aromatic heterocycles. The molecule has 0 unspecified atom stereocenters. The minimum Gasteiger partial charge on any atom is -0.383 e. The molecule has 0 aliphatic heterocycles. The van der Waals surface area contributed by atoms with E-state index in [1.54, 1.807) is 7.11 Å². The van der Waals surface area contributed by atoms with Crippen molar-refractivity contribution in [3.63, 3.8) is 0 Å². The first-order chi connectivity index (χ1) is 6.70. The molecule has 4 N–H and O–H groups in total. The lowest BCUT2D eigenvalue weighted by molar-refractivity contribution is -0.119. The lowest BCUT2D eigenvalue weighted by Gasteiger charge is -2.03. The molecule has 0 atom stereocenters. The third-order valence-electron chi connectivity index (χ3n) is 1.38. The van der Waals surface area contributed by atoms with Gasteiger partial charge in [0, 0.05) is 20.2 Å².